The minimum absolute atomic E-state index is 0.205. The Bertz CT molecular complexity index is 1620. The smallest absolute Gasteiger partial charge is 0.283 e. The van der Waals surface area contributed by atoms with Crippen molar-refractivity contribution in [2.45, 2.75) is 0 Å². The molecular weight excluding hydrogens is 525 g/mol. The van der Waals surface area contributed by atoms with E-state index in [1.165, 1.54) is 4.57 Å². The second-order valence-corrected chi connectivity index (χ2v) is 8.88. The molecule has 0 aliphatic rings. The fraction of sp³-hybridized carbons (Fsp3) is 0. The highest BCUT2D eigenvalue weighted by molar-refractivity contribution is 9.10. The zero-order valence-corrected chi connectivity index (χ0v) is 19.8. The van der Waals surface area contributed by atoms with Gasteiger partial charge in [-0.05, 0) is 66.7 Å². The number of aromatic nitrogens is 4. The van der Waals surface area contributed by atoms with E-state index in [0.29, 0.717) is 38.3 Å². The van der Waals surface area contributed by atoms with Crippen LogP contribution in [-0.4, -0.2) is 19.1 Å². The summed E-state index contributed by atoms with van der Waals surface area (Å²) >= 11 is 16.0. The van der Waals surface area contributed by atoms with Crippen LogP contribution in [0.2, 0.25) is 10.0 Å². The molecule has 0 aliphatic heterocycles. The van der Waals surface area contributed by atoms with E-state index < -0.39 is 0 Å². The Balaban J connectivity index is 1.84. The molecule has 0 spiro atoms. The van der Waals surface area contributed by atoms with Crippen molar-refractivity contribution >= 4 is 50.3 Å². The number of imidazole rings is 1. The van der Waals surface area contributed by atoms with Crippen molar-refractivity contribution in [3.8, 4) is 28.8 Å². The first kappa shape index (κ1) is 21.4. The SMILES string of the molecule is N#Cc1ccc(-n2cnc3c(=O)n(-c4ccc(Br)cc4)c(-c4ccc(Cl)cc4Cl)nc32)cc1. The molecule has 33 heavy (non-hydrogen) atoms. The summed E-state index contributed by atoms with van der Waals surface area (Å²) in [5.74, 6) is 0.354. The van der Waals surface area contributed by atoms with E-state index in [2.05, 4.69) is 27.0 Å². The van der Waals surface area contributed by atoms with Gasteiger partial charge in [-0.15, -0.1) is 0 Å². The first-order chi connectivity index (χ1) is 16.0. The zero-order chi connectivity index (χ0) is 23.1. The summed E-state index contributed by atoms with van der Waals surface area (Å²) in [6.07, 6.45) is 1.54. The monoisotopic (exact) mass is 535 g/mol. The van der Waals surface area contributed by atoms with E-state index in [0.717, 1.165) is 10.2 Å². The summed E-state index contributed by atoms with van der Waals surface area (Å²) in [7, 11) is 0. The van der Waals surface area contributed by atoms with Gasteiger partial charge in [0.05, 0.1) is 22.3 Å². The maximum atomic E-state index is 13.7. The van der Waals surface area contributed by atoms with Gasteiger partial charge in [-0.3, -0.25) is 13.9 Å². The fourth-order valence-electron chi connectivity index (χ4n) is 3.52. The second-order valence-electron chi connectivity index (χ2n) is 7.12. The third-order valence-electron chi connectivity index (χ3n) is 5.10. The molecule has 0 atom stereocenters. The van der Waals surface area contributed by atoms with Crippen molar-refractivity contribution in [3.05, 3.63) is 103 Å². The van der Waals surface area contributed by atoms with Crippen LogP contribution in [0, 0.1) is 11.3 Å². The summed E-state index contributed by atoms with van der Waals surface area (Å²) in [5.41, 5.74) is 2.66. The molecule has 6 nitrogen and oxygen atoms in total. The number of nitrogens with zero attached hydrogens (tertiary/aromatic N) is 5. The lowest BCUT2D eigenvalue weighted by Crippen LogP contribution is -2.22. The predicted molar refractivity (Wildman–Crippen MR) is 132 cm³/mol. The van der Waals surface area contributed by atoms with E-state index in [-0.39, 0.29) is 11.1 Å². The van der Waals surface area contributed by atoms with Crippen molar-refractivity contribution in [1.82, 2.24) is 19.1 Å². The zero-order valence-electron chi connectivity index (χ0n) is 16.7. The van der Waals surface area contributed by atoms with E-state index in [1.807, 2.05) is 24.3 Å². The van der Waals surface area contributed by atoms with Crippen molar-refractivity contribution < 1.29 is 0 Å². The van der Waals surface area contributed by atoms with Gasteiger partial charge >= 0.3 is 0 Å². The van der Waals surface area contributed by atoms with Gasteiger partial charge in [-0.1, -0.05) is 39.1 Å². The minimum Gasteiger partial charge on any atom is -0.283 e. The molecular formula is C24H12BrCl2N5O. The Labute approximate surface area is 206 Å². The highest BCUT2D eigenvalue weighted by atomic mass is 79.9. The van der Waals surface area contributed by atoms with E-state index in [1.54, 1.807) is 53.4 Å². The molecule has 3 aromatic carbocycles. The number of nitriles is 1. The van der Waals surface area contributed by atoms with Crippen LogP contribution in [0.1, 0.15) is 5.56 Å². The summed E-state index contributed by atoms with van der Waals surface area (Å²) in [6, 6.07) is 21.4. The van der Waals surface area contributed by atoms with Crippen molar-refractivity contribution in [2.24, 2.45) is 0 Å². The van der Waals surface area contributed by atoms with Crippen molar-refractivity contribution in [2.75, 3.05) is 0 Å². The van der Waals surface area contributed by atoms with Gasteiger partial charge < -0.3 is 0 Å². The summed E-state index contributed by atoms with van der Waals surface area (Å²) < 4.78 is 4.07. The molecule has 0 N–H and O–H groups in total. The fourth-order valence-corrected chi connectivity index (χ4v) is 4.28. The van der Waals surface area contributed by atoms with Gasteiger partial charge in [0.25, 0.3) is 5.56 Å². The Morgan fingerprint density at radius 2 is 1.64 bits per heavy atom. The maximum absolute atomic E-state index is 13.7. The van der Waals surface area contributed by atoms with Gasteiger partial charge in [0.2, 0.25) is 0 Å². The maximum Gasteiger partial charge on any atom is 0.286 e. The number of halogens is 3. The Morgan fingerprint density at radius 1 is 0.939 bits per heavy atom. The lowest BCUT2D eigenvalue weighted by molar-refractivity contribution is 0.961. The largest absolute Gasteiger partial charge is 0.286 e. The van der Waals surface area contributed by atoms with E-state index in [4.69, 9.17) is 33.4 Å². The molecule has 0 aliphatic carbocycles. The molecule has 9 heteroatoms. The molecule has 0 radical (unpaired) electrons. The van der Waals surface area contributed by atoms with Crippen molar-refractivity contribution in [1.29, 1.82) is 5.26 Å². The molecule has 2 heterocycles. The molecule has 160 valence electrons. The van der Waals surface area contributed by atoms with Crippen LogP contribution < -0.4 is 5.56 Å². The number of rotatable bonds is 3. The van der Waals surface area contributed by atoms with Gasteiger partial charge in [0.1, 0.15) is 6.33 Å². The molecule has 0 bridgehead atoms. The standard InChI is InChI=1S/C24H12BrCl2N5O/c25-15-3-8-18(9-4-15)32-22(19-10-5-16(26)11-20(19)27)30-23-21(24(32)33)29-13-31(23)17-6-1-14(12-28)2-7-17/h1-11,13H. The minimum atomic E-state index is -0.337. The van der Waals surface area contributed by atoms with Crippen LogP contribution in [0.15, 0.2) is 82.3 Å². The lowest BCUT2D eigenvalue weighted by Gasteiger charge is -2.14. The van der Waals surface area contributed by atoms with Crippen LogP contribution in [0.25, 0.3) is 33.9 Å². The molecule has 0 fully saturated rings. The van der Waals surface area contributed by atoms with E-state index in [9.17, 15) is 4.79 Å². The normalized spacial score (nSPS) is 11.0. The van der Waals surface area contributed by atoms with Gasteiger partial charge in [-0.2, -0.15) is 5.26 Å². The number of benzene rings is 3. The average Bonchev–Trinajstić information content (AvgIpc) is 3.24. The average molecular weight is 537 g/mol. The van der Waals surface area contributed by atoms with Crippen LogP contribution in [0.4, 0.5) is 0 Å². The van der Waals surface area contributed by atoms with Crippen LogP contribution >= 0.6 is 39.1 Å². The van der Waals surface area contributed by atoms with Crippen LogP contribution in [0.3, 0.4) is 0 Å². The predicted octanol–water partition coefficient (Wildman–Crippen LogP) is 6.18. The highest BCUT2D eigenvalue weighted by Gasteiger charge is 2.20. The first-order valence-corrected chi connectivity index (χ1v) is 11.2. The summed E-state index contributed by atoms with van der Waals surface area (Å²) in [4.78, 5) is 22.8. The lowest BCUT2D eigenvalue weighted by atomic mass is 10.2. The topological polar surface area (TPSA) is 76.5 Å². The number of hydrogen-bond donors (Lipinski definition) is 0. The first-order valence-electron chi connectivity index (χ1n) is 9.68. The molecule has 2 aromatic heterocycles. The van der Waals surface area contributed by atoms with E-state index >= 15 is 0 Å². The Morgan fingerprint density at radius 3 is 2.30 bits per heavy atom. The molecule has 0 amide bonds. The Hall–Kier alpha value is -3.44. The van der Waals surface area contributed by atoms with Crippen LogP contribution in [-0.2, 0) is 0 Å². The van der Waals surface area contributed by atoms with Gasteiger partial charge in [-0.25, -0.2) is 9.97 Å². The summed E-state index contributed by atoms with van der Waals surface area (Å²) in [6.45, 7) is 0. The second kappa shape index (κ2) is 8.49. The third kappa shape index (κ3) is 3.83. The number of hydrogen-bond acceptors (Lipinski definition) is 4. The third-order valence-corrected chi connectivity index (χ3v) is 6.18. The van der Waals surface area contributed by atoms with Gasteiger partial charge in [0.15, 0.2) is 17.0 Å². The number of fused-ring (bicyclic) bond motifs is 1. The molecule has 0 saturated heterocycles. The highest BCUT2D eigenvalue weighted by Crippen LogP contribution is 2.31. The molecule has 5 rings (SSSR count). The quantitative estimate of drug-likeness (QED) is 0.276. The summed E-state index contributed by atoms with van der Waals surface area (Å²) in [5, 5.41) is 9.92. The molecule has 0 unspecified atom stereocenters. The van der Waals surface area contributed by atoms with Crippen molar-refractivity contribution in [3.63, 3.8) is 0 Å². The van der Waals surface area contributed by atoms with Gasteiger partial charge in [0, 0.05) is 20.7 Å². The Kier molecular flexibility index (Phi) is 5.51. The molecule has 5 aromatic rings. The molecule has 0 saturated carbocycles. The van der Waals surface area contributed by atoms with Crippen LogP contribution in [0.5, 0.6) is 0 Å².